The van der Waals surface area contributed by atoms with Crippen LogP contribution in [0.3, 0.4) is 0 Å². The Morgan fingerprint density at radius 1 is 1.13 bits per heavy atom. The van der Waals surface area contributed by atoms with Crippen molar-refractivity contribution in [2.75, 3.05) is 26.3 Å². The Balaban J connectivity index is 0.00000218. The molecule has 0 bridgehead atoms. The molecule has 1 aliphatic carbocycles. The van der Waals surface area contributed by atoms with E-state index in [1.807, 2.05) is 23.2 Å². The van der Waals surface area contributed by atoms with Gasteiger partial charge in [0.15, 0.2) is 0 Å². The fourth-order valence-corrected chi connectivity index (χ4v) is 5.99. The molecule has 1 saturated heterocycles. The monoisotopic (exact) mass is 442 g/mol. The Morgan fingerprint density at radius 3 is 2.67 bits per heavy atom. The highest BCUT2D eigenvalue weighted by Crippen LogP contribution is 2.43. The summed E-state index contributed by atoms with van der Waals surface area (Å²) in [7, 11) is 0. The maximum atomic E-state index is 13.7. The first kappa shape index (κ1) is 21.3. The fraction of sp³-hybridized carbons (Fsp3) is 0.417. The maximum absolute atomic E-state index is 13.7. The Hall–Kier alpha value is -1.95. The van der Waals surface area contributed by atoms with Crippen LogP contribution < -0.4 is 0 Å². The lowest BCUT2D eigenvalue weighted by Crippen LogP contribution is -2.41. The van der Waals surface area contributed by atoms with Crippen LogP contribution in [0, 0.1) is 13.8 Å². The van der Waals surface area contributed by atoms with Crippen LogP contribution in [-0.2, 0) is 17.6 Å². The summed E-state index contributed by atoms with van der Waals surface area (Å²) in [5.41, 5.74) is 6.46. The van der Waals surface area contributed by atoms with Gasteiger partial charge in [-0.1, -0.05) is 29.8 Å². The summed E-state index contributed by atoms with van der Waals surface area (Å²) in [6.45, 7) is 6.60. The van der Waals surface area contributed by atoms with E-state index in [0.717, 1.165) is 40.1 Å². The predicted molar refractivity (Wildman–Crippen MR) is 125 cm³/mol. The topological polar surface area (TPSA) is 42.4 Å². The maximum Gasteiger partial charge on any atom is 0.256 e. The SMILES string of the molecule is Cc1cccc(-c2c(C(=O)N3CCOCC3)c(C)nc3sc4c(c23)CCCC4)c1.Cl. The van der Waals surface area contributed by atoms with E-state index < -0.39 is 0 Å². The summed E-state index contributed by atoms with van der Waals surface area (Å²) in [5.74, 6) is 0.0902. The summed E-state index contributed by atoms with van der Waals surface area (Å²) in [6, 6.07) is 8.55. The summed E-state index contributed by atoms with van der Waals surface area (Å²) < 4.78 is 5.47. The van der Waals surface area contributed by atoms with Crippen molar-refractivity contribution in [2.45, 2.75) is 39.5 Å². The van der Waals surface area contributed by atoms with Crippen LogP contribution in [0.2, 0.25) is 0 Å². The molecular formula is C24H27ClN2O2S. The lowest BCUT2D eigenvalue weighted by Gasteiger charge is -2.28. The number of carbonyl (C=O) groups is 1. The molecule has 4 nitrogen and oxygen atoms in total. The molecule has 2 aromatic heterocycles. The minimum absolute atomic E-state index is 0. The van der Waals surface area contributed by atoms with Gasteiger partial charge in [0.1, 0.15) is 4.83 Å². The zero-order valence-electron chi connectivity index (χ0n) is 17.5. The molecule has 0 radical (unpaired) electrons. The lowest BCUT2D eigenvalue weighted by atomic mass is 9.89. The van der Waals surface area contributed by atoms with Crippen LogP contribution in [-0.4, -0.2) is 42.1 Å². The number of thiophene rings is 1. The number of amides is 1. The van der Waals surface area contributed by atoms with Crippen molar-refractivity contribution >= 4 is 39.9 Å². The van der Waals surface area contributed by atoms with Gasteiger partial charge in [-0.2, -0.15) is 0 Å². The number of nitrogens with zero attached hydrogens (tertiary/aromatic N) is 2. The average Bonchev–Trinajstić information content (AvgIpc) is 3.10. The van der Waals surface area contributed by atoms with Gasteiger partial charge in [-0.15, -0.1) is 23.7 Å². The molecule has 1 aromatic carbocycles. The number of fused-ring (bicyclic) bond motifs is 3. The van der Waals surface area contributed by atoms with Crippen LogP contribution in [0.25, 0.3) is 21.3 Å². The number of hydrogen-bond acceptors (Lipinski definition) is 4. The Morgan fingerprint density at radius 2 is 1.90 bits per heavy atom. The number of ether oxygens (including phenoxy) is 1. The summed E-state index contributed by atoms with van der Waals surface area (Å²) in [4.78, 5) is 23.1. The van der Waals surface area contributed by atoms with Crippen LogP contribution in [0.5, 0.6) is 0 Å². The van der Waals surface area contributed by atoms with Crippen molar-refractivity contribution in [3.05, 3.63) is 51.5 Å². The first-order chi connectivity index (χ1) is 14.1. The van der Waals surface area contributed by atoms with Crippen molar-refractivity contribution < 1.29 is 9.53 Å². The molecule has 3 heterocycles. The van der Waals surface area contributed by atoms with E-state index in [4.69, 9.17) is 9.72 Å². The summed E-state index contributed by atoms with van der Waals surface area (Å²) >= 11 is 1.83. The smallest absolute Gasteiger partial charge is 0.256 e. The van der Waals surface area contributed by atoms with Crippen LogP contribution in [0.15, 0.2) is 24.3 Å². The second-order valence-corrected chi connectivity index (χ2v) is 9.20. The Kier molecular flexibility index (Phi) is 6.14. The minimum Gasteiger partial charge on any atom is -0.378 e. The van der Waals surface area contributed by atoms with Gasteiger partial charge >= 0.3 is 0 Å². The van der Waals surface area contributed by atoms with E-state index in [0.29, 0.717) is 26.3 Å². The third-order valence-electron chi connectivity index (χ3n) is 6.10. The third kappa shape index (κ3) is 3.64. The zero-order chi connectivity index (χ0) is 20.0. The van der Waals surface area contributed by atoms with E-state index in [1.54, 1.807) is 0 Å². The van der Waals surface area contributed by atoms with Crippen molar-refractivity contribution in [1.29, 1.82) is 0 Å². The number of morpholine rings is 1. The second kappa shape index (κ2) is 8.66. The first-order valence-electron chi connectivity index (χ1n) is 10.5. The summed E-state index contributed by atoms with van der Waals surface area (Å²) in [6.07, 6.45) is 4.68. The quantitative estimate of drug-likeness (QED) is 0.537. The molecule has 0 unspecified atom stereocenters. The zero-order valence-corrected chi connectivity index (χ0v) is 19.1. The number of hydrogen-bond donors (Lipinski definition) is 0. The van der Waals surface area contributed by atoms with E-state index in [1.165, 1.54) is 34.2 Å². The van der Waals surface area contributed by atoms with E-state index in [-0.39, 0.29) is 18.3 Å². The van der Waals surface area contributed by atoms with Gasteiger partial charge in [-0.25, -0.2) is 4.98 Å². The molecule has 1 amide bonds. The molecule has 0 spiro atoms. The Labute approximate surface area is 187 Å². The van der Waals surface area contributed by atoms with Crippen molar-refractivity contribution in [3.63, 3.8) is 0 Å². The van der Waals surface area contributed by atoms with Crippen molar-refractivity contribution in [2.24, 2.45) is 0 Å². The van der Waals surface area contributed by atoms with Gasteiger partial charge in [0, 0.05) is 28.9 Å². The second-order valence-electron chi connectivity index (χ2n) is 8.11. The van der Waals surface area contributed by atoms with Crippen molar-refractivity contribution in [1.82, 2.24) is 9.88 Å². The van der Waals surface area contributed by atoms with E-state index in [2.05, 4.69) is 31.2 Å². The average molecular weight is 443 g/mol. The highest BCUT2D eigenvalue weighted by molar-refractivity contribution is 7.19. The van der Waals surface area contributed by atoms with Gasteiger partial charge in [0.05, 0.1) is 24.5 Å². The molecule has 6 heteroatoms. The van der Waals surface area contributed by atoms with Gasteiger partial charge in [-0.3, -0.25) is 4.79 Å². The molecular weight excluding hydrogens is 416 g/mol. The third-order valence-corrected chi connectivity index (χ3v) is 7.29. The highest BCUT2D eigenvalue weighted by Gasteiger charge is 2.29. The number of benzene rings is 1. The molecule has 5 rings (SSSR count). The summed E-state index contributed by atoms with van der Waals surface area (Å²) in [5, 5.41) is 1.22. The molecule has 0 atom stereocenters. The number of aryl methyl sites for hydroxylation is 4. The van der Waals surface area contributed by atoms with E-state index in [9.17, 15) is 4.79 Å². The number of rotatable bonds is 2. The van der Waals surface area contributed by atoms with Gasteiger partial charge in [0.2, 0.25) is 0 Å². The minimum atomic E-state index is 0. The van der Waals surface area contributed by atoms with Crippen LogP contribution in [0.4, 0.5) is 0 Å². The number of halogens is 1. The van der Waals surface area contributed by atoms with Crippen LogP contribution >= 0.6 is 23.7 Å². The largest absolute Gasteiger partial charge is 0.378 e. The molecule has 0 saturated carbocycles. The van der Waals surface area contributed by atoms with Crippen molar-refractivity contribution in [3.8, 4) is 11.1 Å². The Bertz CT molecular complexity index is 1100. The molecule has 0 N–H and O–H groups in total. The molecule has 2 aliphatic rings. The normalized spacial score (nSPS) is 16.3. The number of pyridine rings is 1. The molecule has 1 fully saturated rings. The molecule has 30 heavy (non-hydrogen) atoms. The number of carbonyl (C=O) groups excluding carboxylic acids is 1. The fourth-order valence-electron chi connectivity index (χ4n) is 4.68. The number of aromatic nitrogens is 1. The van der Waals surface area contributed by atoms with Gasteiger partial charge in [0.25, 0.3) is 5.91 Å². The first-order valence-corrected chi connectivity index (χ1v) is 11.3. The van der Waals surface area contributed by atoms with Gasteiger partial charge in [-0.05, 0) is 50.7 Å². The molecule has 1 aliphatic heterocycles. The van der Waals surface area contributed by atoms with Gasteiger partial charge < -0.3 is 9.64 Å². The van der Waals surface area contributed by atoms with E-state index >= 15 is 0 Å². The lowest BCUT2D eigenvalue weighted by molar-refractivity contribution is 0.0302. The standard InChI is InChI=1S/C24H26N2O2S.ClH/c1-15-6-5-7-17(14-15)21-20(24(27)26-10-12-28-13-11-26)16(2)25-23-22(21)18-8-3-4-9-19(18)29-23;/h5-7,14H,3-4,8-13H2,1-2H3;1H. The predicted octanol–water partition coefficient (Wildman–Crippen LogP) is 5.35. The van der Waals surface area contributed by atoms with Crippen LogP contribution in [0.1, 0.15) is 44.9 Å². The molecule has 158 valence electrons. The highest BCUT2D eigenvalue weighted by atomic mass is 35.5. The molecule has 3 aromatic rings.